The number of carbonyl (C=O) groups excluding carboxylic acids is 1. The molecule has 6 nitrogen and oxygen atoms in total. The van der Waals surface area contributed by atoms with Crippen molar-refractivity contribution >= 4 is 17.7 Å². The monoisotopic (exact) mass is 277 g/mol. The van der Waals surface area contributed by atoms with Crippen molar-refractivity contribution in [3.63, 3.8) is 0 Å². The molecular weight excluding hydrogens is 258 g/mol. The van der Waals surface area contributed by atoms with Gasteiger partial charge in [-0.3, -0.25) is 0 Å². The number of urea groups is 1. The summed E-state index contributed by atoms with van der Waals surface area (Å²) in [5, 5.41) is 11.9. The lowest BCUT2D eigenvalue weighted by molar-refractivity contribution is 0.0698. The molecule has 6 heteroatoms. The normalized spacial score (nSPS) is 16.0. The van der Waals surface area contributed by atoms with Crippen molar-refractivity contribution in [2.24, 2.45) is 0 Å². The zero-order valence-electron chi connectivity index (χ0n) is 11.7. The van der Waals surface area contributed by atoms with Gasteiger partial charge in [0.05, 0.1) is 11.3 Å². The second-order valence-corrected chi connectivity index (χ2v) is 5.02. The summed E-state index contributed by atoms with van der Waals surface area (Å²) in [6, 6.07) is 4.71. The van der Waals surface area contributed by atoms with Gasteiger partial charge in [-0.2, -0.15) is 0 Å². The van der Waals surface area contributed by atoms with Crippen molar-refractivity contribution in [3.05, 3.63) is 29.3 Å². The second-order valence-electron chi connectivity index (χ2n) is 5.02. The maximum Gasteiger partial charge on any atom is 0.337 e. The van der Waals surface area contributed by atoms with Gasteiger partial charge in [-0.05, 0) is 25.6 Å². The summed E-state index contributed by atoms with van der Waals surface area (Å²) in [5.74, 6) is -1.04. The standard InChI is InChI=1S/C14H19N3O3/c1-10-4-3-5-11(13(18)19)12(10)15-14(20)17-8-6-16(2)7-9-17/h3-5H,6-9H2,1-2H3,(H,15,20)(H,18,19). The van der Waals surface area contributed by atoms with Crippen LogP contribution in [-0.2, 0) is 0 Å². The molecule has 108 valence electrons. The van der Waals surface area contributed by atoms with Crippen LogP contribution in [0.25, 0.3) is 0 Å². The predicted octanol–water partition coefficient (Wildman–Crippen LogP) is 1.47. The molecule has 20 heavy (non-hydrogen) atoms. The fourth-order valence-corrected chi connectivity index (χ4v) is 2.21. The van der Waals surface area contributed by atoms with Crippen LogP contribution in [0.3, 0.4) is 0 Å². The Kier molecular flexibility index (Phi) is 4.24. The van der Waals surface area contributed by atoms with Crippen LogP contribution in [-0.4, -0.2) is 60.1 Å². The number of carbonyl (C=O) groups is 2. The van der Waals surface area contributed by atoms with Crippen LogP contribution in [0.5, 0.6) is 0 Å². The van der Waals surface area contributed by atoms with E-state index in [1.807, 2.05) is 7.05 Å². The minimum Gasteiger partial charge on any atom is -0.478 e. The molecule has 1 aliphatic rings. The number of likely N-dealkylation sites (N-methyl/N-ethyl adjacent to an activating group) is 1. The molecule has 1 aromatic carbocycles. The maximum atomic E-state index is 12.2. The Morgan fingerprint density at radius 2 is 1.85 bits per heavy atom. The molecule has 0 atom stereocenters. The SMILES string of the molecule is Cc1cccc(C(=O)O)c1NC(=O)N1CCN(C)CC1. The number of aryl methyl sites for hydroxylation is 1. The van der Waals surface area contributed by atoms with E-state index in [-0.39, 0.29) is 11.6 Å². The number of amides is 2. The fraction of sp³-hybridized carbons (Fsp3) is 0.429. The van der Waals surface area contributed by atoms with Gasteiger partial charge < -0.3 is 20.2 Å². The van der Waals surface area contributed by atoms with Crippen LogP contribution in [0.15, 0.2) is 18.2 Å². The van der Waals surface area contributed by atoms with E-state index in [9.17, 15) is 14.7 Å². The van der Waals surface area contributed by atoms with Crippen molar-refractivity contribution in [1.29, 1.82) is 0 Å². The Bertz CT molecular complexity index is 522. The van der Waals surface area contributed by atoms with E-state index in [0.717, 1.165) is 18.7 Å². The molecule has 0 aromatic heterocycles. The minimum absolute atomic E-state index is 0.118. The summed E-state index contributed by atoms with van der Waals surface area (Å²) in [6.07, 6.45) is 0. The van der Waals surface area contributed by atoms with Crippen LogP contribution in [0, 0.1) is 6.92 Å². The van der Waals surface area contributed by atoms with E-state index in [0.29, 0.717) is 18.8 Å². The molecule has 1 fully saturated rings. The predicted molar refractivity (Wildman–Crippen MR) is 76.2 cm³/mol. The molecule has 0 spiro atoms. The zero-order chi connectivity index (χ0) is 14.7. The number of piperazine rings is 1. The molecule has 2 N–H and O–H groups in total. The highest BCUT2D eigenvalue weighted by molar-refractivity contribution is 6.01. The highest BCUT2D eigenvalue weighted by atomic mass is 16.4. The third kappa shape index (κ3) is 3.08. The summed E-state index contributed by atoms with van der Waals surface area (Å²) in [6.45, 7) is 4.74. The summed E-state index contributed by atoms with van der Waals surface area (Å²) >= 11 is 0. The van der Waals surface area contributed by atoms with Crippen molar-refractivity contribution in [2.45, 2.75) is 6.92 Å². The first-order valence-electron chi connectivity index (χ1n) is 6.56. The second kappa shape index (κ2) is 5.92. The first-order chi connectivity index (χ1) is 9.49. The van der Waals surface area contributed by atoms with Crippen LogP contribution in [0.1, 0.15) is 15.9 Å². The summed E-state index contributed by atoms with van der Waals surface area (Å²) in [4.78, 5) is 27.3. The number of carboxylic acid groups (broad SMARTS) is 1. The number of nitrogens with zero attached hydrogens (tertiary/aromatic N) is 2. The van der Waals surface area contributed by atoms with E-state index < -0.39 is 5.97 Å². The number of nitrogens with one attached hydrogen (secondary N) is 1. The van der Waals surface area contributed by atoms with Crippen LogP contribution in [0.2, 0.25) is 0 Å². The fourth-order valence-electron chi connectivity index (χ4n) is 2.21. The summed E-state index contributed by atoms with van der Waals surface area (Å²) in [5.41, 5.74) is 1.24. The Morgan fingerprint density at radius 3 is 2.45 bits per heavy atom. The maximum absolute atomic E-state index is 12.2. The van der Waals surface area contributed by atoms with Gasteiger partial charge in [0.15, 0.2) is 0 Å². The van der Waals surface area contributed by atoms with Gasteiger partial charge in [-0.1, -0.05) is 12.1 Å². The third-order valence-electron chi connectivity index (χ3n) is 3.53. The molecule has 1 aromatic rings. The van der Waals surface area contributed by atoms with Crippen molar-refractivity contribution in [1.82, 2.24) is 9.80 Å². The lowest BCUT2D eigenvalue weighted by Gasteiger charge is -2.32. The molecule has 2 rings (SSSR count). The van der Waals surface area contributed by atoms with Crippen LogP contribution < -0.4 is 5.32 Å². The number of aromatic carboxylic acids is 1. The van der Waals surface area contributed by atoms with Crippen molar-refractivity contribution in [3.8, 4) is 0 Å². The molecular formula is C14H19N3O3. The average Bonchev–Trinajstić information content (AvgIpc) is 2.41. The Balaban J connectivity index is 2.13. The van der Waals surface area contributed by atoms with Crippen molar-refractivity contribution in [2.75, 3.05) is 38.5 Å². The highest BCUT2D eigenvalue weighted by Crippen LogP contribution is 2.21. The molecule has 0 aliphatic carbocycles. The van der Waals surface area contributed by atoms with Gasteiger partial charge in [-0.25, -0.2) is 9.59 Å². The number of hydrogen-bond acceptors (Lipinski definition) is 3. The topological polar surface area (TPSA) is 72.9 Å². The van der Waals surface area contributed by atoms with E-state index in [1.54, 1.807) is 24.0 Å². The largest absolute Gasteiger partial charge is 0.478 e. The molecule has 1 heterocycles. The Labute approximate surface area is 118 Å². The van der Waals surface area contributed by atoms with E-state index in [4.69, 9.17) is 0 Å². The lowest BCUT2D eigenvalue weighted by atomic mass is 10.1. The molecule has 2 amide bonds. The summed E-state index contributed by atoms with van der Waals surface area (Å²) < 4.78 is 0. The number of hydrogen-bond donors (Lipinski definition) is 2. The first kappa shape index (κ1) is 14.3. The number of rotatable bonds is 2. The molecule has 1 aliphatic heterocycles. The van der Waals surface area contributed by atoms with Gasteiger partial charge in [0, 0.05) is 26.2 Å². The molecule has 0 unspecified atom stereocenters. The highest BCUT2D eigenvalue weighted by Gasteiger charge is 2.21. The Morgan fingerprint density at radius 1 is 1.20 bits per heavy atom. The van der Waals surface area contributed by atoms with Gasteiger partial charge >= 0.3 is 12.0 Å². The smallest absolute Gasteiger partial charge is 0.337 e. The van der Waals surface area contributed by atoms with E-state index in [2.05, 4.69) is 10.2 Å². The van der Waals surface area contributed by atoms with Crippen molar-refractivity contribution < 1.29 is 14.7 Å². The average molecular weight is 277 g/mol. The van der Waals surface area contributed by atoms with E-state index >= 15 is 0 Å². The first-order valence-corrected chi connectivity index (χ1v) is 6.56. The minimum atomic E-state index is -1.04. The summed E-state index contributed by atoms with van der Waals surface area (Å²) in [7, 11) is 2.01. The number of anilines is 1. The zero-order valence-corrected chi connectivity index (χ0v) is 11.7. The quantitative estimate of drug-likeness (QED) is 0.858. The molecule has 0 bridgehead atoms. The van der Waals surface area contributed by atoms with Gasteiger partial charge in [0.25, 0.3) is 0 Å². The molecule has 0 saturated carbocycles. The number of para-hydroxylation sites is 1. The van der Waals surface area contributed by atoms with Gasteiger partial charge in [0.2, 0.25) is 0 Å². The lowest BCUT2D eigenvalue weighted by Crippen LogP contribution is -2.48. The number of carboxylic acids is 1. The number of benzene rings is 1. The third-order valence-corrected chi connectivity index (χ3v) is 3.53. The molecule has 1 saturated heterocycles. The van der Waals surface area contributed by atoms with E-state index in [1.165, 1.54) is 6.07 Å². The van der Waals surface area contributed by atoms with Gasteiger partial charge in [-0.15, -0.1) is 0 Å². The van der Waals surface area contributed by atoms with Crippen LogP contribution in [0.4, 0.5) is 10.5 Å². The van der Waals surface area contributed by atoms with Crippen LogP contribution >= 0.6 is 0 Å². The Hall–Kier alpha value is -2.08. The van der Waals surface area contributed by atoms with Gasteiger partial charge in [0.1, 0.15) is 0 Å². The molecule has 0 radical (unpaired) electrons.